The lowest BCUT2D eigenvalue weighted by Crippen LogP contribution is -2.51. The third kappa shape index (κ3) is 3.47. The van der Waals surface area contributed by atoms with E-state index in [4.69, 9.17) is 14.2 Å². The van der Waals surface area contributed by atoms with Crippen LogP contribution >= 0.6 is 0 Å². The normalized spacial score (nSPS) is 18.0. The highest BCUT2D eigenvalue weighted by atomic mass is 32.2. The molecule has 2 heterocycles. The molecule has 0 unspecified atom stereocenters. The van der Waals surface area contributed by atoms with Gasteiger partial charge in [0.1, 0.15) is 0 Å². The number of piperazine rings is 1. The standard InChI is InChI=1S/C15H20N2O6S/c1-21-8-9-24(19,20)17-6-4-16(5-7-17)15(18)12-2-3-13-14(10-12)23-11-22-13/h2-3,10H,4-9,11H2,1H3. The minimum absolute atomic E-state index is 0.0421. The fourth-order valence-corrected chi connectivity index (χ4v) is 4.05. The third-order valence-electron chi connectivity index (χ3n) is 4.08. The summed E-state index contributed by atoms with van der Waals surface area (Å²) in [5.74, 6) is 1.00. The number of hydrogen-bond acceptors (Lipinski definition) is 6. The summed E-state index contributed by atoms with van der Waals surface area (Å²) >= 11 is 0. The molecule has 2 aliphatic heterocycles. The first-order chi connectivity index (χ1) is 11.5. The first kappa shape index (κ1) is 17.0. The number of rotatable bonds is 5. The number of hydrogen-bond donors (Lipinski definition) is 0. The molecule has 0 bridgehead atoms. The van der Waals surface area contributed by atoms with Crippen molar-refractivity contribution in [3.8, 4) is 11.5 Å². The summed E-state index contributed by atoms with van der Waals surface area (Å²) in [7, 11) is -1.86. The van der Waals surface area contributed by atoms with Crippen LogP contribution in [0.3, 0.4) is 0 Å². The van der Waals surface area contributed by atoms with Crippen molar-refractivity contribution in [3.63, 3.8) is 0 Å². The molecule has 24 heavy (non-hydrogen) atoms. The highest BCUT2D eigenvalue weighted by Crippen LogP contribution is 2.32. The molecular formula is C15H20N2O6S. The predicted molar refractivity (Wildman–Crippen MR) is 85.7 cm³/mol. The first-order valence-corrected chi connectivity index (χ1v) is 9.28. The molecule has 0 atom stereocenters. The maximum Gasteiger partial charge on any atom is 0.254 e. The number of fused-ring (bicyclic) bond motifs is 1. The Kier molecular flexibility index (Phi) is 4.93. The number of amides is 1. The number of methoxy groups -OCH3 is 1. The van der Waals surface area contributed by atoms with Crippen LogP contribution in [-0.2, 0) is 14.8 Å². The fourth-order valence-electron chi connectivity index (χ4n) is 2.70. The fraction of sp³-hybridized carbons (Fsp3) is 0.533. The van der Waals surface area contributed by atoms with E-state index in [1.165, 1.54) is 11.4 Å². The van der Waals surface area contributed by atoms with Gasteiger partial charge in [0, 0.05) is 38.9 Å². The summed E-state index contributed by atoms with van der Waals surface area (Å²) in [6.07, 6.45) is 0. The Hall–Kier alpha value is -1.84. The van der Waals surface area contributed by atoms with Gasteiger partial charge in [-0.25, -0.2) is 8.42 Å². The molecule has 0 radical (unpaired) electrons. The van der Waals surface area contributed by atoms with Gasteiger partial charge < -0.3 is 19.1 Å². The van der Waals surface area contributed by atoms with Gasteiger partial charge in [0.15, 0.2) is 11.5 Å². The van der Waals surface area contributed by atoms with E-state index in [0.717, 1.165) is 0 Å². The topological polar surface area (TPSA) is 85.4 Å². The minimum Gasteiger partial charge on any atom is -0.454 e. The molecule has 8 nitrogen and oxygen atoms in total. The SMILES string of the molecule is COCCS(=O)(=O)N1CCN(C(=O)c2ccc3c(c2)OCO3)CC1. The molecule has 132 valence electrons. The lowest BCUT2D eigenvalue weighted by atomic mass is 10.1. The number of nitrogens with zero attached hydrogens (tertiary/aromatic N) is 2. The van der Waals surface area contributed by atoms with Crippen molar-refractivity contribution in [1.29, 1.82) is 0 Å². The van der Waals surface area contributed by atoms with Crippen LogP contribution in [0, 0.1) is 0 Å². The second kappa shape index (κ2) is 6.96. The maximum absolute atomic E-state index is 12.6. The van der Waals surface area contributed by atoms with Crippen LogP contribution in [0.5, 0.6) is 11.5 Å². The maximum atomic E-state index is 12.6. The lowest BCUT2D eigenvalue weighted by Gasteiger charge is -2.34. The molecule has 9 heteroatoms. The van der Waals surface area contributed by atoms with Crippen LogP contribution in [0.15, 0.2) is 18.2 Å². The van der Waals surface area contributed by atoms with Crippen LogP contribution in [-0.4, -0.2) is 76.0 Å². The molecule has 0 saturated carbocycles. The smallest absolute Gasteiger partial charge is 0.254 e. The van der Waals surface area contributed by atoms with Crippen molar-refractivity contribution < 1.29 is 27.4 Å². The van der Waals surface area contributed by atoms with Crippen molar-refractivity contribution in [1.82, 2.24) is 9.21 Å². The number of benzene rings is 1. The molecule has 3 rings (SSSR count). The van der Waals surface area contributed by atoms with E-state index in [2.05, 4.69) is 0 Å². The molecular weight excluding hydrogens is 336 g/mol. The highest BCUT2D eigenvalue weighted by Gasteiger charge is 2.29. The predicted octanol–water partition coefficient (Wildman–Crippen LogP) is 0.149. The van der Waals surface area contributed by atoms with E-state index in [0.29, 0.717) is 43.2 Å². The molecule has 1 saturated heterocycles. The van der Waals surface area contributed by atoms with Gasteiger partial charge in [0.05, 0.1) is 12.4 Å². The van der Waals surface area contributed by atoms with E-state index in [1.807, 2.05) is 0 Å². The number of sulfonamides is 1. The summed E-state index contributed by atoms with van der Waals surface area (Å²) in [6.45, 7) is 1.63. The van der Waals surface area contributed by atoms with Crippen molar-refractivity contribution in [2.45, 2.75) is 0 Å². The van der Waals surface area contributed by atoms with Crippen molar-refractivity contribution >= 4 is 15.9 Å². The Morgan fingerprint density at radius 3 is 2.58 bits per heavy atom. The Morgan fingerprint density at radius 1 is 1.17 bits per heavy atom. The molecule has 1 fully saturated rings. The van der Waals surface area contributed by atoms with Gasteiger partial charge in [-0.05, 0) is 18.2 Å². The molecule has 1 aromatic rings. The van der Waals surface area contributed by atoms with Crippen LogP contribution < -0.4 is 9.47 Å². The third-order valence-corrected chi connectivity index (χ3v) is 5.92. The van der Waals surface area contributed by atoms with E-state index in [-0.39, 0.29) is 25.1 Å². The van der Waals surface area contributed by atoms with Gasteiger partial charge in [-0.3, -0.25) is 4.79 Å². The summed E-state index contributed by atoms with van der Waals surface area (Å²) in [4.78, 5) is 14.2. The Morgan fingerprint density at radius 2 is 1.88 bits per heavy atom. The van der Waals surface area contributed by atoms with E-state index >= 15 is 0 Å². The second-order valence-corrected chi connectivity index (χ2v) is 7.66. The van der Waals surface area contributed by atoms with Crippen LogP contribution in [0.4, 0.5) is 0 Å². The Balaban J connectivity index is 1.61. The zero-order valence-electron chi connectivity index (χ0n) is 13.4. The zero-order valence-corrected chi connectivity index (χ0v) is 14.3. The number of carbonyl (C=O) groups is 1. The Bertz CT molecular complexity index is 713. The van der Waals surface area contributed by atoms with E-state index < -0.39 is 10.0 Å². The summed E-state index contributed by atoms with van der Waals surface area (Å²) in [6, 6.07) is 5.06. The molecule has 1 aromatic carbocycles. The van der Waals surface area contributed by atoms with Gasteiger partial charge in [-0.15, -0.1) is 0 Å². The van der Waals surface area contributed by atoms with Crippen LogP contribution in [0.25, 0.3) is 0 Å². The summed E-state index contributed by atoms with van der Waals surface area (Å²) in [5, 5.41) is 0. The average Bonchev–Trinajstić information content (AvgIpc) is 3.07. The number of ether oxygens (including phenoxy) is 3. The minimum atomic E-state index is -3.33. The monoisotopic (exact) mass is 356 g/mol. The number of carbonyl (C=O) groups excluding carboxylic acids is 1. The van der Waals surface area contributed by atoms with E-state index in [1.54, 1.807) is 23.1 Å². The van der Waals surface area contributed by atoms with Gasteiger partial charge in [-0.2, -0.15) is 4.31 Å². The molecule has 0 aliphatic carbocycles. The average molecular weight is 356 g/mol. The zero-order chi connectivity index (χ0) is 17.2. The molecule has 1 amide bonds. The second-order valence-electron chi connectivity index (χ2n) is 5.57. The van der Waals surface area contributed by atoms with Crippen LogP contribution in [0.2, 0.25) is 0 Å². The molecule has 0 spiro atoms. The van der Waals surface area contributed by atoms with Gasteiger partial charge in [-0.1, -0.05) is 0 Å². The molecule has 0 N–H and O–H groups in total. The van der Waals surface area contributed by atoms with Crippen molar-refractivity contribution in [2.75, 3.05) is 52.4 Å². The highest BCUT2D eigenvalue weighted by molar-refractivity contribution is 7.89. The summed E-state index contributed by atoms with van der Waals surface area (Å²) < 4.78 is 41.0. The quantitative estimate of drug-likeness (QED) is 0.747. The van der Waals surface area contributed by atoms with Crippen LogP contribution in [0.1, 0.15) is 10.4 Å². The van der Waals surface area contributed by atoms with Gasteiger partial charge in [0.2, 0.25) is 16.8 Å². The lowest BCUT2D eigenvalue weighted by molar-refractivity contribution is 0.0697. The largest absolute Gasteiger partial charge is 0.454 e. The summed E-state index contributed by atoms with van der Waals surface area (Å²) in [5.41, 5.74) is 0.509. The molecule has 0 aromatic heterocycles. The van der Waals surface area contributed by atoms with E-state index in [9.17, 15) is 13.2 Å². The first-order valence-electron chi connectivity index (χ1n) is 7.67. The van der Waals surface area contributed by atoms with Crippen molar-refractivity contribution in [2.24, 2.45) is 0 Å². The van der Waals surface area contributed by atoms with Gasteiger partial charge >= 0.3 is 0 Å². The van der Waals surface area contributed by atoms with Crippen molar-refractivity contribution in [3.05, 3.63) is 23.8 Å². The van der Waals surface area contributed by atoms with Gasteiger partial charge in [0.25, 0.3) is 5.91 Å². The Labute approximate surface area is 140 Å². The molecule has 2 aliphatic rings.